The number of pyridine rings is 1. The van der Waals surface area contributed by atoms with Crippen LogP contribution in [0, 0.1) is 5.92 Å². The van der Waals surface area contributed by atoms with Gasteiger partial charge in [-0.15, -0.1) is 0 Å². The predicted molar refractivity (Wildman–Crippen MR) is 159 cm³/mol. The Morgan fingerprint density at radius 2 is 1.67 bits per heavy atom. The van der Waals surface area contributed by atoms with Gasteiger partial charge in [0.15, 0.2) is 0 Å². The summed E-state index contributed by atoms with van der Waals surface area (Å²) >= 11 is 3.42. The molecule has 7 heteroatoms. The molecule has 0 atom stereocenters. The van der Waals surface area contributed by atoms with Gasteiger partial charge in [0.05, 0.1) is 5.56 Å². The molecule has 0 unspecified atom stereocenters. The van der Waals surface area contributed by atoms with E-state index < -0.39 is 0 Å². The predicted octanol–water partition coefficient (Wildman–Crippen LogP) is 6.49. The van der Waals surface area contributed by atoms with Gasteiger partial charge in [0.1, 0.15) is 0 Å². The van der Waals surface area contributed by atoms with E-state index in [1.165, 1.54) is 5.56 Å². The highest BCUT2D eigenvalue weighted by Crippen LogP contribution is 2.30. The summed E-state index contributed by atoms with van der Waals surface area (Å²) in [5.41, 5.74) is 4.85. The molecule has 0 spiro atoms. The fourth-order valence-electron chi connectivity index (χ4n) is 5.01. The second-order valence-corrected chi connectivity index (χ2v) is 10.8. The molecule has 1 fully saturated rings. The smallest absolute Gasteiger partial charge is 0.255 e. The lowest BCUT2D eigenvalue weighted by atomic mass is 9.89. The van der Waals surface area contributed by atoms with Crippen LogP contribution in [0.25, 0.3) is 0 Å². The fourth-order valence-corrected chi connectivity index (χ4v) is 5.41. The van der Waals surface area contributed by atoms with Crippen LogP contribution in [0.15, 0.2) is 102 Å². The Morgan fingerprint density at radius 3 is 2.41 bits per heavy atom. The Hall–Kier alpha value is -3.97. The van der Waals surface area contributed by atoms with Crippen LogP contribution in [0.1, 0.15) is 44.7 Å². The van der Waals surface area contributed by atoms with E-state index in [0.717, 1.165) is 48.1 Å². The van der Waals surface area contributed by atoms with Gasteiger partial charge in [0.25, 0.3) is 11.8 Å². The molecule has 4 aromatic rings. The quantitative estimate of drug-likeness (QED) is 0.249. The van der Waals surface area contributed by atoms with Crippen LogP contribution in [0.5, 0.6) is 0 Å². The highest BCUT2D eigenvalue weighted by molar-refractivity contribution is 9.10. The maximum absolute atomic E-state index is 13.5. The molecule has 0 aliphatic carbocycles. The summed E-state index contributed by atoms with van der Waals surface area (Å²) in [6.07, 6.45) is 6.66. The third kappa shape index (κ3) is 7.12. The van der Waals surface area contributed by atoms with Gasteiger partial charge in [-0.1, -0.05) is 58.4 Å². The van der Waals surface area contributed by atoms with Gasteiger partial charge < -0.3 is 15.5 Å². The minimum Gasteiger partial charge on any atom is -0.371 e. The van der Waals surface area contributed by atoms with Crippen molar-refractivity contribution in [1.82, 2.24) is 10.3 Å². The van der Waals surface area contributed by atoms with Gasteiger partial charge in [-0.25, -0.2) is 0 Å². The third-order valence-corrected chi connectivity index (χ3v) is 7.58. The van der Waals surface area contributed by atoms with E-state index in [4.69, 9.17) is 0 Å². The number of nitrogens with zero attached hydrogens (tertiary/aromatic N) is 2. The van der Waals surface area contributed by atoms with Gasteiger partial charge >= 0.3 is 0 Å². The highest BCUT2D eigenvalue weighted by Gasteiger charge is 2.24. The van der Waals surface area contributed by atoms with E-state index in [2.05, 4.69) is 66.8 Å². The van der Waals surface area contributed by atoms with E-state index in [-0.39, 0.29) is 11.8 Å². The number of rotatable bonds is 8. The summed E-state index contributed by atoms with van der Waals surface area (Å²) in [7, 11) is 0. The normalized spacial score (nSPS) is 13.6. The van der Waals surface area contributed by atoms with Crippen molar-refractivity contribution in [2.24, 2.45) is 5.92 Å². The van der Waals surface area contributed by atoms with E-state index >= 15 is 0 Å². The SMILES string of the molecule is O=C(Nc1ccc(N2CCC(Cc3ccccc3)CC2)c(C(=O)NCc2cccnc2)c1)c1cccc(Br)c1. The van der Waals surface area contributed by atoms with Crippen LogP contribution >= 0.6 is 15.9 Å². The van der Waals surface area contributed by atoms with Gasteiger partial charge in [-0.3, -0.25) is 14.6 Å². The Kier molecular flexibility index (Phi) is 8.68. The van der Waals surface area contributed by atoms with E-state index in [9.17, 15) is 9.59 Å². The van der Waals surface area contributed by atoms with Crippen LogP contribution in [-0.4, -0.2) is 29.9 Å². The van der Waals surface area contributed by atoms with Crippen molar-refractivity contribution in [1.29, 1.82) is 0 Å². The molecule has 2 heterocycles. The first-order valence-corrected chi connectivity index (χ1v) is 14.0. The molecular formula is C32H31BrN4O2. The van der Waals surface area contributed by atoms with Crippen LogP contribution in [0.4, 0.5) is 11.4 Å². The Morgan fingerprint density at radius 1 is 0.872 bits per heavy atom. The lowest BCUT2D eigenvalue weighted by molar-refractivity contribution is 0.0950. The molecule has 39 heavy (non-hydrogen) atoms. The zero-order valence-electron chi connectivity index (χ0n) is 21.6. The number of hydrogen-bond donors (Lipinski definition) is 2. The summed E-state index contributed by atoms with van der Waals surface area (Å²) in [6, 6.07) is 27.2. The van der Waals surface area contributed by atoms with Crippen molar-refractivity contribution in [2.75, 3.05) is 23.3 Å². The minimum absolute atomic E-state index is 0.182. The third-order valence-electron chi connectivity index (χ3n) is 7.08. The number of piperidine rings is 1. The van der Waals surface area contributed by atoms with Gasteiger partial charge in [0.2, 0.25) is 0 Å². The average Bonchev–Trinajstić information content (AvgIpc) is 2.97. The van der Waals surface area contributed by atoms with Gasteiger partial charge in [0, 0.05) is 53.4 Å². The first-order chi connectivity index (χ1) is 19.0. The molecule has 0 radical (unpaired) electrons. The molecule has 0 saturated carbocycles. The maximum Gasteiger partial charge on any atom is 0.255 e. The lowest BCUT2D eigenvalue weighted by Crippen LogP contribution is -2.36. The molecule has 5 rings (SSSR count). The van der Waals surface area contributed by atoms with Crippen molar-refractivity contribution < 1.29 is 9.59 Å². The molecule has 1 saturated heterocycles. The monoisotopic (exact) mass is 582 g/mol. The first-order valence-electron chi connectivity index (χ1n) is 13.2. The van der Waals surface area contributed by atoms with Crippen LogP contribution < -0.4 is 15.5 Å². The largest absolute Gasteiger partial charge is 0.371 e. The van der Waals surface area contributed by atoms with Gasteiger partial charge in [-0.2, -0.15) is 0 Å². The number of nitrogens with one attached hydrogen (secondary N) is 2. The number of carbonyl (C=O) groups is 2. The molecule has 3 aromatic carbocycles. The lowest BCUT2D eigenvalue weighted by Gasteiger charge is -2.35. The zero-order valence-corrected chi connectivity index (χ0v) is 23.2. The van der Waals surface area contributed by atoms with E-state index in [1.54, 1.807) is 30.6 Å². The van der Waals surface area contributed by atoms with Crippen molar-refractivity contribution in [3.63, 3.8) is 0 Å². The van der Waals surface area contributed by atoms with Crippen molar-refractivity contribution >= 4 is 39.1 Å². The second kappa shape index (κ2) is 12.7. The van der Waals surface area contributed by atoms with Gasteiger partial charge in [-0.05, 0) is 78.8 Å². The van der Waals surface area contributed by atoms with Crippen LogP contribution in [0.2, 0.25) is 0 Å². The molecule has 0 bridgehead atoms. The first kappa shape index (κ1) is 26.6. The molecular weight excluding hydrogens is 552 g/mol. The molecule has 2 N–H and O–H groups in total. The maximum atomic E-state index is 13.5. The van der Waals surface area contributed by atoms with Crippen molar-refractivity contribution in [3.8, 4) is 0 Å². The second-order valence-electron chi connectivity index (χ2n) is 9.86. The Labute approximate surface area is 237 Å². The number of carbonyl (C=O) groups excluding carboxylic acids is 2. The zero-order chi connectivity index (χ0) is 27.0. The summed E-state index contributed by atoms with van der Waals surface area (Å²) in [6.45, 7) is 2.13. The number of anilines is 2. The molecule has 198 valence electrons. The topological polar surface area (TPSA) is 74.3 Å². The number of aromatic nitrogens is 1. The molecule has 1 aromatic heterocycles. The van der Waals surface area contributed by atoms with Crippen molar-refractivity contribution in [3.05, 3.63) is 124 Å². The molecule has 6 nitrogen and oxygen atoms in total. The molecule has 1 aliphatic heterocycles. The average molecular weight is 584 g/mol. The highest BCUT2D eigenvalue weighted by atomic mass is 79.9. The minimum atomic E-state index is -0.229. The number of halogens is 1. The number of hydrogen-bond acceptors (Lipinski definition) is 4. The fraction of sp³-hybridized carbons (Fsp3) is 0.219. The number of benzene rings is 3. The Balaban J connectivity index is 1.33. The Bertz CT molecular complexity index is 1420. The number of amides is 2. The van der Waals surface area contributed by atoms with Crippen molar-refractivity contribution in [2.45, 2.75) is 25.8 Å². The van der Waals surface area contributed by atoms with E-state index in [0.29, 0.717) is 29.3 Å². The van der Waals surface area contributed by atoms with Crippen LogP contribution in [-0.2, 0) is 13.0 Å². The van der Waals surface area contributed by atoms with Crippen LogP contribution in [0.3, 0.4) is 0 Å². The molecule has 2 amide bonds. The summed E-state index contributed by atoms with van der Waals surface area (Å²) in [5.74, 6) is 0.210. The molecule has 1 aliphatic rings. The standard InChI is InChI=1S/C32H31BrN4O2/c33-27-10-4-9-26(19-27)31(38)36-28-11-12-30(29(20-28)32(39)35-22-25-8-5-15-34-21-25)37-16-13-24(14-17-37)18-23-6-2-1-3-7-23/h1-12,15,19-21,24H,13-14,16-18,22H2,(H,35,39)(H,36,38). The summed E-state index contributed by atoms with van der Waals surface area (Å²) in [4.78, 5) is 32.8. The summed E-state index contributed by atoms with van der Waals surface area (Å²) in [5, 5.41) is 5.98. The van der Waals surface area contributed by atoms with E-state index in [1.807, 2.05) is 36.4 Å². The summed E-state index contributed by atoms with van der Waals surface area (Å²) < 4.78 is 0.830.